The van der Waals surface area contributed by atoms with Crippen molar-refractivity contribution in [2.24, 2.45) is 48.8 Å². The van der Waals surface area contributed by atoms with Crippen LogP contribution < -0.4 is 38.3 Å². The highest BCUT2D eigenvalue weighted by molar-refractivity contribution is 7.10. The number of nitrogens with one attached hydrogen (secondary N) is 2. The number of hydrogen-bond acceptors (Lipinski definition) is 21. The van der Waals surface area contributed by atoms with Crippen LogP contribution in [0.25, 0.3) is 44.5 Å². The number of halogens is 1. The number of carbonyl (C=O) groups excluding carboxylic acids is 5. The standard InChI is InChI=1S/C26H26ClN5O2.C24H22N4O3S.C16H18N4O3.C12H15N3OS/c1-26(23(33)32(2)24(28)31-26)19-8-6-7-18(15-19)22-16-20(27)12-11-17(22)13-14-29-25(34)30-21-9-4-3-5-10-21;1-24(20-11-17(13-32-20)18-9-14(12-29)5-7-26-18)21(22(30)28(2)23(25)27-24)16-3-4-19-15(10-16)6-8-31-19;1-16(6-14(21)20(2)15(17)19-16)13-5-11(9-23-13)10-4-12(22-3)8-18-7-10;1-15-10(16)7-12(8-4-5-8,14-11(15)13)9-3-2-6-17-9/h3-12,15-16H,13-14H2,1-2H3,(H2,28,31)(H2,29,30,34);3-11,13,21,29H,12H2,1-2H3,(H2,25,27);4-5,7-9H,6H2,1-3H3,(H2,17,19);2-3,6,8H,4-5,7H2,1H3,(H2,13,14)/t;21?,24-;16-;12-/m.101/s1. The molecule has 10 aromatic rings. The summed E-state index contributed by atoms with van der Waals surface area (Å²) in [5.74, 6) is 1.77. The molecular weight excluding hydrogens is 1400 g/mol. The monoisotopic (exact) mass is 1480 g/mol. The van der Waals surface area contributed by atoms with Crippen molar-refractivity contribution in [2.45, 2.75) is 87.6 Å². The number of amides is 6. The molecule has 2 unspecified atom stereocenters. The Kier molecular flexibility index (Phi) is 21.5. The van der Waals surface area contributed by atoms with E-state index >= 15 is 0 Å². The van der Waals surface area contributed by atoms with Gasteiger partial charge in [-0.25, -0.2) is 24.8 Å². The van der Waals surface area contributed by atoms with Gasteiger partial charge in [-0.3, -0.25) is 48.7 Å². The molecule has 15 rings (SSSR count). The number of urea groups is 1. The number of furan rings is 2. The summed E-state index contributed by atoms with van der Waals surface area (Å²) in [6, 6.07) is 43.4. The molecule has 5 aliphatic rings. The molecular formula is C78H81ClN16O9S2. The largest absolute Gasteiger partial charge is 0.495 e. The van der Waals surface area contributed by atoms with Gasteiger partial charge in [-0.15, -0.1) is 22.7 Å². The minimum atomic E-state index is -1.08. The molecule has 11 N–H and O–H groups in total. The third kappa shape index (κ3) is 15.4. The molecule has 1 saturated carbocycles. The molecule has 106 heavy (non-hydrogen) atoms. The van der Waals surface area contributed by atoms with E-state index in [1.165, 1.54) is 35.8 Å². The van der Waals surface area contributed by atoms with E-state index < -0.39 is 22.5 Å². The zero-order valence-electron chi connectivity index (χ0n) is 59.6. The maximum Gasteiger partial charge on any atom is 0.319 e. The molecule has 1 aliphatic carbocycles. The fourth-order valence-electron chi connectivity index (χ4n) is 13.2. The van der Waals surface area contributed by atoms with E-state index in [1.54, 1.807) is 90.7 Å². The average Bonchev–Trinajstić information content (AvgIpc) is 1.53. The SMILES string of the molecule is CN1C(=O)C(C)(c2cccc(-c3cc(Cl)ccc3CCNC(=O)Nc3ccccc3)c2)N=C1N.CN1C(=O)C(c2ccc3occc3c2)[C@@](C)(c2cc(-c3cc(CO)ccn3)cs2)N=C1N.CN1C(=O)C[C@](c2cccs2)(C2CC2)N=C1N.COc1cncc(-c2coc([C@]3(C)CC(=O)N(C)C(N)=N3)c2)c1. The van der Waals surface area contributed by atoms with Crippen LogP contribution in [-0.4, -0.2) is 130 Å². The molecule has 0 radical (unpaired) electrons. The van der Waals surface area contributed by atoms with E-state index in [0.29, 0.717) is 47.8 Å². The Bertz CT molecular complexity index is 5090. The predicted octanol–water partition coefficient (Wildman–Crippen LogP) is 11.5. The average molecular weight is 1490 g/mol. The molecule has 4 aliphatic heterocycles. The summed E-state index contributed by atoms with van der Waals surface area (Å²) < 4.78 is 16.3. The summed E-state index contributed by atoms with van der Waals surface area (Å²) in [6.07, 6.45) is 11.8. The van der Waals surface area contributed by atoms with Gasteiger partial charge in [0.15, 0.2) is 29.4 Å². The smallest absolute Gasteiger partial charge is 0.319 e. The fraction of sp³-hybridized carbons (Fsp3) is 0.269. The Balaban J connectivity index is 0.000000136. The number of aromatic nitrogens is 2. The number of ether oxygens (including phenoxy) is 1. The Morgan fingerprint density at radius 2 is 1.44 bits per heavy atom. The molecule has 546 valence electrons. The number of methoxy groups -OCH3 is 1. The van der Waals surface area contributed by atoms with E-state index in [-0.39, 0.29) is 66.1 Å². The number of aliphatic imine (C=N–C) groups is 4. The van der Waals surface area contributed by atoms with Gasteiger partial charge in [0.05, 0.1) is 56.9 Å². The number of thiophene rings is 2. The molecule has 1 fully saturated rings. The summed E-state index contributed by atoms with van der Waals surface area (Å²) in [5, 5.41) is 20.7. The number of guanidine groups is 4. The maximum atomic E-state index is 13.5. The third-order valence-corrected chi connectivity index (χ3v) is 22.0. The number of anilines is 1. The number of para-hydroxylation sites is 1. The number of rotatable bonds is 15. The number of nitrogens with two attached hydrogens (primary N) is 4. The van der Waals surface area contributed by atoms with Crippen molar-refractivity contribution in [3.05, 3.63) is 224 Å². The molecule has 0 saturated heterocycles. The van der Waals surface area contributed by atoms with Crippen molar-refractivity contribution >= 4 is 104 Å². The summed E-state index contributed by atoms with van der Waals surface area (Å²) in [7, 11) is 8.15. The van der Waals surface area contributed by atoms with Crippen molar-refractivity contribution in [1.82, 2.24) is 34.9 Å². The lowest BCUT2D eigenvalue weighted by molar-refractivity contribution is -0.131. The van der Waals surface area contributed by atoms with Crippen LogP contribution in [0.1, 0.15) is 90.1 Å². The minimum absolute atomic E-state index is 0.0511. The van der Waals surface area contributed by atoms with Gasteiger partial charge >= 0.3 is 6.03 Å². The number of hydrogen-bond donors (Lipinski definition) is 7. The number of aliphatic hydroxyl groups is 1. The number of aliphatic hydroxyl groups excluding tert-OH is 1. The number of carbonyl (C=O) groups is 5. The Morgan fingerprint density at radius 3 is 2.14 bits per heavy atom. The lowest BCUT2D eigenvalue weighted by Gasteiger charge is -2.40. The van der Waals surface area contributed by atoms with Crippen molar-refractivity contribution in [3.63, 3.8) is 0 Å². The van der Waals surface area contributed by atoms with Crippen LogP contribution in [0.5, 0.6) is 5.75 Å². The first kappa shape index (κ1) is 74.2. The zero-order chi connectivity index (χ0) is 75.4. The summed E-state index contributed by atoms with van der Waals surface area (Å²) >= 11 is 9.50. The second-order valence-electron chi connectivity index (χ2n) is 26.8. The molecule has 0 spiro atoms. The van der Waals surface area contributed by atoms with Gasteiger partial charge in [0.25, 0.3) is 5.91 Å². The zero-order valence-corrected chi connectivity index (χ0v) is 62.0. The third-order valence-electron chi connectivity index (χ3n) is 19.6. The molecule has 4 aromatic carbocycles. The normalized spacial score (nSPS) is 21.3. The highest BCUT2D eigenvalue weighted by Crippen LogP contribution is 2.53. The number of fused-ring (bicyclic) bond motifs is 1. The van der Waals surface area contributed by atoms with Crippen molar-refractivity contribution in [2.75, 3.05) is 47.2 Å². The van der Waals surface area contributed by atoms with E-state index in [2.05, 4.69) is 41.6 Å². The van der Waals surface area contributed by atoms with Crippen LogP contribution in [0.15, 0.2) is 210 Å². The number of nitrogens with zero attached hydrogens (tertiary/aromatic N) is 10. The quantitative estimate of drug-likeness (QED) is 0.0501. The van der Waals surface area contributed by atoms with Crippen LogP contribution >= 0.6 is 34.3 Å². The van der Waals surface area contributed by atoms with E-state index in [0.717, 1.165) is 90.1 Å². The fourth-order valence-corrected chi connectivity index (χ4v) is 15.4. The van der Waals surface area contributed by atoms with Crippen molar-refractivity contribution < 1.29 is 42.7 Å². The molecule has 25 nitrogen and oxygen atoms in total. The Morgan fingerprint density at radius 1 is 0.698 bits per heavy atom. The van der Waals surface area contributed by atoms with Gasteiger partial charge in [0.2, 0.25) is 17.7 Å². The molecule has 28 heteroatoms. The van der Waals surface area contributed by atoms with Gasteiger partial charge < -0.3 is 52.2 Å². The van der Waals surface area contributed by atoms with Crippen LogP contribution in [0, 0.1) is 5.92 Å². The van der Waals surface area contributed by atoms with Gasteiger partial charge in [-0.05, 0) is 170 Å². The van der Waals surface area contributed by atoms with E-state index in [4.69, 9.17) is 53.1 Å². The highest BCUT2D eigenvalue weighted by atomic mass is 35.5. The van der Waals surface area contributed by atoms with Crippen molar-refractivity contribution in [3.8, 4) is 39.3 Å². The second-order valence-corrected chi connectivity index (χ2v) is 29.1. The van der Waals surface area contributed by atoms with Gasteiger partial charge in [0.1, 0.15) is 33.7 Å². The molecule has 6 aromatic heterocycles. The minimum Gasteiger partial charge on any atom is -0.495 e. The van der Waals surface area contributed by atoms with E-state index in [1.807, 2.05) is 152 Å². The van der Waals surface area contributed by atoms with Crippen molar-refractivity contribution in [1.29, 1.82) is 0 Å². The van der Waals surface area contributed by atoms with Crippen LogP contribution in [0.2, 0.25) is 5.02 Å². The first-order valence-electron chi connectivity index (χ1n) is 34.0. The van der Waals surface area contributed by atoms with Gasteiger partial charge in [-0.1, -0.05) is 66.2 Å². The van der Waals surface area contributed by atoms with E-state index in [9.17, 15) is 29.1 Å². The maximum absolute atomic E-state index is 13.5. The van der Waals surface area contributed by atoms with Crippen LogP contribution in [-0.2, 0) is 54.4 Å². The number of pyridine rings is 2. The summed E-state index contributed by atoms with van der Waals surface area (Å²) in [5.41, 5.74) is 30.7. The second kappa shape index (κ2) is 30.7. The number of likely N-dealkylation sites (N-methyl/N-ethyl adjacent to an activating group) is 2. The lowest BCUT2D eigenvalue weighted by Crippen LogP contribution is -2.52. The Labute approximate surface area is 625 Å². The first-order valence-corrected chi connectivity index (χ1v) is 36.1. The molecule has 10 heterocycles. The molecule has 0 bridgehead atoms. The van der Waals surface area contributed by atoms with Crippen LogP contribution in [0.3, 0.4) is 0 Å². The topological polar surface area (TPSA) is 357 Å². The molecule has 6 amide bonds. The molecule has 5 atom stereocenters. The predicted molar refractivity (Wildman–Crippen MR) is 413 cm³/mol. The van der Waals surface area contributed by atoms with Crippen LogP contribution in [0.4, 0.5) is 10.5 Å². The lowest BCUT2D eigenvalue weighted by atomic mass is 9.77. The highest BCUT2D eigenvalue weighted by Gasteiger charge is 2.52. The number of benzene rings is 4. The van der Waals surface area contributed by atoms with Gasteiger partial charge in [0, 0.05) is 95.1 Å². The van der Waals surface area contributed by atoms with Gasteiger partial charge in [-0.2, -0.15) is 0 Å². The Hall–Kier alpha value is -11.5. The summed E-state index contributed by atoms with van der Waals surface area (Å²) in [6.45, 7) is 5.93. The summed E-state index contributed by atoms with van der Waals surface area (Å²) in [4.78, 5) is 97.1. The first-order chi connectivity index (χ1) is 50.7.